The van der Waals surface area contributed by atoms with Gasteiger partial charge in [0.15, 0.2) is 0 Å². The lowest BCUT2D eigenvalue weighted by molar-refractivity contribution is 0.461. The maximum Gasteiger partial charge on any atom is 0.290 e. The lowest BCUT2D eigenvalue weighted by Gasteiger charge is -2.21. The molecule has 1 aromatic carbocycles. The highest BCUT2D eigenvalue weighted by Crippen LogP contribution is 2.25. The number of halogens is 1. The number of nitrogen functional groups attached to an aromatic ring is 1. The van der Waals surface area contributed by atoms with Gasteiger partial charge in [0.25, 0.3) is 5.56 Å². The highest BCUT2D eigenvalue weighted by atomic mass is 79.9. The normalized spacial score (nSPS) is 11.8. The third-order valence-electron chi connectivity index (χ3n) is 3.34. The van der Waals surface area contributed by atoms with Crippen LogP contribution in [0, 0.1) is 0 Å². The van der Waals surface area contributed by atoms with Crippen LogP contribution >= 0.6 is 15.9 Å². The van der Waals surface area contributed by atoms with E-state index in [1.54, 1.807) is 4.68 Å². The van der Waals surface area contributed by atoms with E-state index in [-0.39, 0.29) is 11.0 Å². The molecule has 0 spiro atoms. The SMILES string of the molecule is Cn1c(C(C)(C)C)c(N)c(=O)n1Cc1cccc(Br)c1. The van der Waals surface area contributed by atoms with Crippen molar-refractivity contribution in [1.29, 1.82) is 0 Å². The second-order valence-electron chi connectivity index (χ2n) is 6.03. The maximum atomic E-state index is 12.4. The van der Waals surface area contributed by atoms with Gasteiger partial charge in [0.2, 0.25) is 0 Å². The molecule has 5 heteroatoms. The van der Waals surface area contributed by atoms with Gasteiger partial charge in [-0.3, -0.25) is 9.48 Å². The van der Waals surface area contributed by atoms with Crippen LogP contribution in [-0.4, -0.2) is 9.36 Å². The van der Waals surface area contributed by atoms with Crippen LogP contribution in [0.25, 0.3) is 0 Å². The van der Waals surface area contributed by atoms with Gasteiger partial charge >= 0.3 is 0 Å². The van der Waals surface area contributed by atoms with Crippen molar-refractivity contribution in [3.05, 3.63) is 50.3 Å². The standard InChI is InChI=1S/C15H20BrN3O/c1-15(2,3)13-12(17)14(20)19(18(13)4)9-10-6-5-7-11(16)8-10/h5-8H,9,17H2,1-4H3. The molecule has 20 heavy (non-hydrogen) atoms. The van der Waals surface area contributed by atoms with Crippen LogP contribution in [0.4, 0.5) is 5.69 Å². The number of anilines is 1. The molecule has 2 N–H and O–H groups in total. The number of hydrogen-bond donors (Lipinski definition) is 1. The zero-order chi connectivity index (χ0) is 15.1. The number of aromatic nitrogens is 2. The zero-order valence-corrected chi connectivity index (χ0v) is 13.9. The summed E-state index contributed by atoms with van der Waals surface area (Å²) in [7, 11) is 1.89. The summed E-state index contributed by atoms with van der Waals surface area (Å²) in [6, 6.07) is 7.93. The Labute approximate surface area is 127 Å². The van der Waals surface area contributed by atoms with Crippen LogP contribution in [0.2, 0.25) is 0 Å². The Kier molecular flexibility index (Phi) is 3.82. The Hall–Kier alpha value is -1.49. The number of hydrogen-bond acceptors (Lipinski definition) is 2. The molecular weight excluding hydrogens is 318 g/mol. The minimum atomic E-state index is -0.166. The molecule has 0 aliphatic heterocycles. The summed E-state index contributed by atoms with van der Waals surface area (Å²) in [4.78, 5) is 12.4. The molecule has 0 amide bonds. The highest BCUT2D eigenvalue weighted by molar-refractivity contribution is 9.10. The van der Waals surface area contributed by atoms with E-state index in [2.05, 4.69) is 36.7 Å². The second-order valence-corrected chi connectivity index (χ2v) is 6.94. The average Bonchev–Trinajstić information content (AvgIpc) is 2.53. The summed E-state index contributed by atoms with van der Waals surface area (Å²) in [5, 5.41) is 0. The lowest BCUT2D eigenvalue weighted by Crippen LogP contribution is -2.24. The van der Waals surface area contributed by atoms with Crippen molar-refractivity contribution >= 4 is 21.6 Å². The molecule has 0 atom stereocenters. The third-order valence-corrected chi connectivity index (χ3v) is 3.83. The molecule has 2 rings (SSSR count). The highest BCUT2D eigenvalue weighted by Gasteiger charge is 2.25. The van der Waals surface area contributed by atoms with Gasteiger partial charge in [-0.15, -0.1) is 0 Å². The predicted molar refractivity (Wildman–Crippen MR) is 86.0 cm³/mol. The minimum absolute atomic E-state index is 0.127. The number of nitrogens with zero attached hydrogens (tertiary/aromatic N) is 2. The molecule has 0 unspecified atom stereocenters. The molecule has 0 saturated carbocycles. The van der Waals surface area contributed by atoms with Crippen molar-refractivity contribution in [3.8, 4) is 0 Å². The molecule has 2 aromatic rings. The largest absolute Gasteiger partial charge is 0.393 e. The number of benzene rings is 1. The van der Waals surface area contributed by atoms with Crippen molar-refractivity contribution in [2.24, 2.45) is 7.05 Å². The summed E-state index contributed by atoms with van der Waals surface area (Å²) >= 11 is 3.45. The quantitative estimate of drug-likeness (QED) is 0.915. The fourth-order valence-electron chi connectivity index (χ4n) is 2.55. The van der Waals surface area contributed by atoms with Crippen molar-refractivity contribution < 1.29 is 0 Å². The zero-order valence-electron chi connectivity index (χ0n) is 12.3. The van der Waals surface area contributed by atoms with E-state index in [1.807, 2.05) is 36.0 Å². The van der Waals surface area contributed by atoms with Gasteiger partial charge in [-0.1, -0.05) is 48.8 Å². The molecule has 0 aliphatic carbocycles. The van der Waals surface area contributed by atoms with Gasteiger partial charge in [0.1, 0.15) is 5.69 Å². The number of rotatable bonds is 2. The van der Waals surface area contributed by atoms with Gasteiger partial charge in [-0.25, -0.2) is 4.68 Å². The van der Waals surface area contributed by atoms with Crippen molar-refractivity contribution in [2.75, 3.05) is 5.73 Å². The Balaban J connectivity index is 2.52. The molecule has 0 saturated heterocycles. The van der Waals surface area contributed by atoms with Crippen LogP contribution in [0.1, 0.15) is 32.0 Å². The van der Waals surface area contributed by atoms with Crippen molar-refractivity contribution in [3.63, 3.8) is 0 Å². The topological polar surface area (TPSA) is 52.9 Å². The molecule has 0 aliphatic rings. The first kappa shape index (κ1) is 14.9. The van der Waals surface area contributed by atoms with Crippen molar-refractivity contribution in [1.82, 2.24) is 9.36 Å². The predicted octanol–water partition coefficient (Wildman–Crippen LogP) is 2.88. The third kappa shape index (κ3) is 2.68. The Bertz CT molecular complexity index is 692. The Morgan fingerprint density at radius 1 is 1.30 bits per heavy atom. The first-order valence-corrected chi connectivity index (χ1v) is 7.31. The summed E-state index contributed by atoms with van der Waals surface area (Å²) in [5.74, 6) is 0. The first-order valence-electron chi connectivity index (χ1n) is 6.52. The Morgan fingerprint density at radius 2 is 1.95 bits per heavy atom. The first-order chi connectivity index (χ1) is 9.21. The fourth-order valence-corrected chi connectivity index (χ4v) is 2.99. The van der Waals surface area contributed by atoms with E-state index in [9.17, 15) is 4.79 Å². The van der Waals surface area contributed by atoms with E-state index in [4.69, 9.17) is 5.73 Å². The molecule has 108 valence electrons. The smallest absolute Gasteiger partial charge is 0.290 e. The maximum absolute atomic E-state index is 12.4. The number of nitrogens with two attached hydrogens (primary N) is 1. The summed E-state index contributed by atoms with van der Waals surface area (Å²) in [6.07, 6.45) is 0. The van der Waals surface area contributed by atoms with Crippen LogP contribution in [0.3, 0.4) is 0 Å². The van der Waals surface area contributed by atoms with E-state index in [0.29, 0.717) is 12.2 Å². The van der Waals surface area contributed by atoms with E-state index >= 15 is 0 Å². The van der Waals surface area contributed by atoms with Gasteiger partial charge < -0.3 is 5.73 Å². The van der Waals surface area contributed by atoms with Crippen LogP contribution in [0.5, 0.6) is 0 Å². The molecular formula is C15H20BrN3O. The molecule has 4 nitrogen and oxygen atoms in total. The summed E-state index contributed by atoms with van der Waals surface area (Å²) in [6.45, 7) is 6.68. The lowest BCUT2D eigenvalue weighted by atomic mass is 9.91. The van der Waals surface area contributed by atoms with E-state index in [0.717, 1.165) is 15.7 Å². The molecule has 1 aromatic heterocycles. The molecule has 0 fully saturated rings. The van der Waals surface area contributed by atoms with Crippen LogP contribution in [-0.2, 0) is 19.0 Å². The minimum Gasteiger partial charge on any atom is -0.393 e. The van der Waals surface area contributed by atoms with Crippen LogP contribution < -0.4 is 11.3 Å². The molecule has 0 bridgehead atoms. The second kappa shape index (κ2) is 5.13. The monoisotopic (exact) mass is 337 g/mol. The molecule has 1 heterocycles. The van der Waals surface area contributed by atoms with Gasteiger partial charge in [-0.2, -0.15) is 0 Å². The van der Waals surface area contributed by atoms with E-state index in [1.165, 1.54) is 0 Å². The Morgan fingerprint density at radius 3 is 2.45 bits per heavy atom. The van der Waals surface area contributed by atoms with Gasteiger partial charge in [0.05, 0.1) is 12.2 Å². The van der Waals surface area contributed by atoms with Crippen LogP contribution in [0.15, 0.2) is 33.5 Å². The molecule has 0 radical (unpaired) electrons. The summed E-state index contributed by atoms with van der Waals surface area (Å²) < 4.78 is 4.55. The van der Waals surface area contributed by atoms with Gasteiger partial charge in [-0.05, 0) is 17.7 Å². The average molecular weight is 338 g/mol. The summed E-state index contributed by atoms with van der Waals surface area (Å²) in [5.41, 5.74) is 7.99. The fraction of sp³-hybridized carbons (Fsp3) is 0.400. The van der Waals surface area contributed by atoms with Gasteiger partial charge in [0, 0.05) is 16.9 Å². The van der Waals surface area contributed by atoms with Crippen molar-refractivity contribution in [2.45, 2.75) is 32.7 Å². The van der Waals surface area contributed by atoms with E-state index < -0.39 is 0 Å².